The third kappa shape index (κ3) is 2.72. The number of nitrogens with zero attached hydrogens (tertiary/aromatic N) is 2. The van der Waals surface area contributed by atoms with E-state index in [9.17, 15) is 24.6 Å². The molecule has 0 spiro atoms. The van der Waals surface area contributed by atoms with Crippen molar-refractivity contribution in [2.45, 2.75) is 0 Å². The molecule has 126 valence electrons. The van der Waals surface area contributed by atoms with Crippen LogP contribution in [0.25, 0.3) is 22.5 Å². The molecule has 0 amide bonds. The third-order valence-electron chi connectivity index (χ3n) is 3.47. The van der Waals surface area contributed by atoms with E-state index in [4.69, 9.17) is 5.73 Å². The SMILES string of the molecule is Nc1[nH]c(=O)c(C(=O)O)c(-c2ccc(-c3ncon3)cc2)c1C(=O)O. The number of carboxylic acid groups (broad SMARTS) is 2. The normalized spacial score (nSPS) is 10.6. The minimum Gasteiger partial charge on any atom is -0.478 e. The Morgan fingerprint density at radius 3 is 2.16 bits per heavy atom. The monoisotopic (exact) mass is 342 g/mol. The van der Waals surface area contributed by atoms with Crippen molar-refractivity contribution >= 4 is 17.8 Å². The number of nitrogens with one attached hydrogen (secondary N) is 1. The minimum atomic E-state index is -1.57. The zero-order valence-electron chi connectivity index (χ0n) is 12.4. The lowest BCUT2D eigenvalue weighted by molar-refractivity contribution is 0.0695. The van der Waals surface area contributed by atoms with Gasteiger partial charge in [-0.3, -0.25) is 4.79 Å². The summed E-state index contributed by atoms with van der Waals surface area (Å²) >= 11 is 0. The van der Waals surface area contributed by atoms with Crippen LogP contribution in [0.5, 0.6) is 0 Å². The van der Waals surface area contributed by atoms with Crippen LogP contribution >= 0.6 is 0 Å². The summed E-state index contributed by atoms with van der Waals surface area (Å²) in [6.45, 7) is 0. The van der Waals surface area contributed by atoms with E-state index in [1.165, 1.54) is 24.3 Å². The van der Waals surface area contributed by atoms with Gasteiger partial charge in [0.05, 0.1) is 0 Å². The number of hydrogen-bond donors (Lipinski definition) is 4. The summed E-state index contributed by atoms with van der Waals surface area (Å²) in [5.74, 6) is -3.16. The van der Waals surface area contributed by atoms with Crippen LogP contribution in [0.2, 0.25) is 0 Å². The third-order valence-corrected chi connectivity index (χ3v) is 3.47. The predicted molar refractivity (Wildman–Crippen MR) is 84.1 cm³/mol. The molecular weight excluding hydrogens is 332 g/mol. The van der Waals surface area contributed by atoms with E-state index in [-0.39, 0.29) is 11.1 Å². The lowest BCUT2D eigenvalue weighted by Gasteiger charge is -2.12. The van der Waals surface area contributed by atoms with Gasteiger partial charge < -0.3 is 25.5 Å². The summed E-state index contributed by atoms with van der Waals surface area (Å²) in [7, 11) is 0. The highest BCUT2D eigenvalue weighted by Crippen LogP contribution is 2.30. The van der Waals surface area contributed by atoms with Gasteiger partial charge in [0.1, 0.15) is 16.9 Å². The Labute approximate surface area is 138 Å². The van der Waals surface area contributed by atoms with Crippen molar-refractivity contribution in [3.8, 4) is 22.5 Å². The molecule has 3 rings (SSSR count). The molecule has 0 unspecified atom stereocenters. The number of nitrogen functional groups attached to an aromatic ring is 1. The molecule has 3 aromatic rings. The molecular formula is C15H10N4O6. The van der Waals surface area contributed by atoms with E-state index < -0.39 is 34.4 Å². The second-order valence-corrected chi connectivity index (χ2v) is 4.94. The van der Waals surface area contributed by atoms with Gasteiger partial charge in [-0.25, -0.2) is 9.59 Å². The molecule has 10 nitrogen and oxygen atoms in total. The maximum atomic E-state index is 12.0. The summed E-state index contributed by atoms with van der Waals surface area (Å²) in [4.78, 5) is 40.9. The molecule has 2 aromatic heterocycles. The molecule has 0 saturated heterocycles. The Hall–Kier alpha value is -3.95. The van der Waals surface area contributed by atoms with Crippen molar-refractivity contribution in [2.75, 3.05) is 5.73 Å². The second kappa shape index (κ2) is 5.92. The topological polar surface area (TPSA) is 172 Å². The number of nitrogens with two attached hydrogens (primary N) is 1. The van der Waals surface area contributed by atoms with Crippen LogP contribution in [0.15, 0.2) is 40.0 Å². The van der Waals surface area contributed by atoms with Gasteiger partial charge in [0.15, 0.2) is 0 Å². The summed E-state index contributed by atoms with van der Waals surface area (Å²) < 4.78 is 4.64. The summed E-state index contributed by atoms with van der Waals surface area (Å²) in [6, 6.07) is 5.96. The molecule has 0 aliphatic rings. The average Bonchev–Trinajstić information content (AvgIpc) is 3.07. The molecule has 5 N–H and O–H groups in total. The standard InChI is InChI=1S/C15H10N4O6/c16-11-9(14(21)22)8(10(15(23)24)13(20)18-11)6-1-3-7(4-2-6)12-17-5-25-19-12/h1-5H,(H,21,22)(H,23,24)(H3,16,18,20). The number of pyridine rings is 1. The number of anilines is 1. The van der Waals surface area contributed by atoms with E-state index in [2.05, 4.69) is 14.7 Å². The first kappa shape index (κ1) is 15.9. The van der Waals surface area contributed by atoms with E-state index in [0.29, 0.717) is 11.4 Å². The van der Waals surface area contributed by atoms with Gasteiger partial charge in [-0.1, -0.05) is 29.4 Å². The fourth-order valence-electron chi connectivity index (χ4n) is 2.42. The lowest BCUT2D eigenvalue weighted by Crippen LogP contribution is -2.24. The lowest BCUT2D eigenvalue weighted by atomic mass is 9.94. The molecule has 0 radical (unpaired) electrons. The van der Waals surface area contributed by atoms with Gasteiger partial charge in [0.25, 0.3) is 5.56 Å². The Bertz CT molecular complexity index is 1020. The van der Waals surface area contributed by atoms with E-state index >= 15 is 0 Å². The van der Waals surface area contributed by atoms with Crippen LogP contribution in [0.3, 0.4) is 0 Å². The maximum Gasteiger partial charge on any atom is 0.342 e. The molecule has 25 heavy (non-hydrogen) atoms. The first-order chi connectivity index (χ1) is 11.9. The second-order valence-electron chi connectivity index (χ2n) is 4.94. The molecule has 2 heterocycles. The Kier molecular flexibility index (Phi) is 3.77. The Morgan fingerprint density at radius 1 is 1.04 bits per heavy atom. The van der Waals surface area contributed by atoms with Crippen molar-refractivity contribution in [2.24, 2.45) is 0 Å². The fourth-order valence-corrected chi connectivity index (χ4v) is 2.42. The highest BCUT2D eigenvalue weighted by molar-refractivity contribution is 6.07. The zero-order valence-corrected chi connectivity index (χ0v) is 12.4. The number of rotatable bonds is 4. The van der Waals surface area contributed by atoms with Gasteiger partial charge in [0, 0.05) is 11.1 Å². The van der Waals surface area contributed by atoms with E-state index in [1.54, 1.807) is 0 Å². The molecule has 0 saturated carbocycles. The van der Waals surface area contributed by atoms with Crippen LogP contribution in [-0.4, -0.2) is 37.3 Å². The smallest absolute Gasteiger partial charge is 0.342 e. The Morgan fingerprint density at radius 2 is 1.64 bits per heavy atom. The van der Waals surface area contributed by atoms with Crippen LogP contribution < -0.4 is 11.3 Å². The number of aromatic amines is 1. The molecule has 0 aliphatic carbocycles. The molecule has 0 bridgehead atoms. The zero-order chi connectivity index (χ0) is 18.1. The highest BCUT2D eigenvalue weighted by Gasteiger charge is 2.26. The first-order valence-corrected chi connectivity index (χ1v) is 6.79. The number of carbonyl (C=O) groups is 2. The van der Waals surface area contributed by atoms with Crippen molar-refractivity contribution in [3.63, 3.8) is 0 Å². The van der Waals surface area contributed by atoms with Gasteiger partial charge >= 0.3 is 11.9 Å². The molecule has 0 aliphatic heterocycles. The quantitative estimate of drug-likeness (QED) is 0.540. The first-order valence-electron chi connectivity index (χ1n) is 6.79. The molecule has 0 fully saturated rings. The van der Waals surface area contributed by atoms with Gasteiger partial charge in [-0.2, -0.15) is 4.98 Å². The number of hydrogen-bond acceptors (Lipinski definition) is 7. The summed E-state index contributed by atoms with van der Waals surface area (Å²) in [5.41, 5.74) is 3.85. The van der Waals surface area contributed by atoms with E-state index in [1.807, 2.05) is 4.98 Å². The summed E-state index contributed by atoms with van der Waals surface area (Å²) in [6.07, 6.45) is 1.14. The number of benzene rings is 1. The number of carboxylic acids is 2. The fraction of sp³-hybridized carbons (Fsp3) is 0. The summed E-state index contributed by atoms with van der Waals surface area (Å²) in [5, 5.41) is 22.4. The van der Waals surface area contributed by atoms with Crippen LogP contribution in [-0.2, 0) is 0 Å². The molecule has 10 heteroatoms. The minimum absolute atomic E-state index is 0.194. The van der Waals surface area contributed by atoms with Crippen molar-refractivity contribution in [3.05, 3.63) is 52.1 Å². The van der Waals surface area contributed by atoms with Gasteiger partial charge in [-0.15, -0.1) is 0 Å². The van der Waals surface area contributed by atoms with Crippen molar-refractivity contribution < 1.29 is 24.3 Å². The molecule has 1 aromatic carbocycles. The van der Waals surface area contributed by atoms with Crippen LogP contribution in [0.1, 0.15) is 20.7 Å². The number of H-pyrrole nitrogens is 1. The number of aromatic carboxylic acids is 2. The Balaban J connectivity index is 2.27. The largest absolute Gasteiger partial charge is 0.478 e. The maximum absolute atomic E-state index is 12.0. The van der Waals surface area contributed by atoms with Crippen molar-refractivity contribution in [1.29, 1.82) is 0 Å². The average molecular weight is 342 g/mol. The predicted octanol–water partition coefficient (Wildman–Crippen LogP) is 1.07. The number of aromatic nitrogens is 3. The van der Waals surface area contributed by atoms with Crippen LogP contribution in [0.4, 0.5) is 5.82 Å². The van der Waals surface area contributed by atoms with E-state index in [0.717, 1.165) is 6.39 Å². The molecule has 0 atom stereocenters. The van der Waals surface area contributed by atoms with Crippen molar-refractivity contribution in [1.82, 2.24) is 15.1 Å². The highest BCUT2D eigenvalue weighted by atomic mass is 16.5. The van der Waals surface area contributed by atoms with Gasteiger partial charge in [-0.05, 0) is 5.56 Å². The van der Waals surface area contributed by atoms with Gasteiger partial charge in [0.2, 0.25) is 12.2 Å². The van der Waals surface area contributed by atoms with Crippen LogP contribution in [0, 0.1) is 0 Å².